The number of halogens is 2. The molecule has 0 aliphatic carbocycles. The van der Waals surface area contributed by atoms with Crippen molar-refractivity contribution in [1.29, 1.82) is 0 Å². The molecule has 0 unspecified atom stereocenters. The molecule has 0 saturated carbocycles. The number of amides is 1. The number of benzene rings is 1. The predicted octanol–water partition coefficient (Wildman–Crippen LogP) is 2.56. The van der Waals surface area contributed by atoms with Gasteiger partial charge in [-0.15, -0.1) is 0 Å². The fraction of sp³-hybridized carbons (Fsp3) is 0.357. The molecule has 1 aromatic rings. The molecule has 3 nitrogen and oxygen atoms in total. The molecule has 102 valence electrons. The summed E-state index contributed by atoms with van der Waals surface area (Å²) in [6, 6.07) is 2.79. The van der Waals surface area contributed by atoms with Crippen LogP contribution in [-0.4, -0.2) is 38.0 Å². The van der Waals surface area contributed by atoms with Crippen LogP contribution in [0.1, 0.15) is 22.3 Å². The van der Waals surface area contributed by atoms with E-state index < -0.39 is 5.82 Å². The van der Waals surface area contributed by atoms with E-state index in [1.807, 2.05) is 6.08 Å². The smallest absolute Gasteiger partial charge is 0.253 e. The van der Waals surface area contributed by atoms with Gasteiger partial charge in [-0.2, -0.15) is 0 Å². The third-order valence-electron chi connectivity index (χ3n) is 3.08. The van der Waals surface area contributed by atoms with Crippen molar-refractivity contribution >= 4 is 23.1 Å². The lowest BCUT2D eigenvalue weighted by Crippen LogP contribution is -2.22. The van der Waals surface area contributed by atoms with Crippen LogP contribution < -0.4 is 5.32 Å². The van der Waals surface area contributed by atoms with Crippen LogP contribution in [0.2, 0.25) is 5.02 Å². The van der Waals surface area contributed by atoms with Crippen LogP contribution >= 0.6 is 11.6 Å². The minimum atomic E-state index is -0.439. The summed E-state index contributed by atoms with van der Waals surface area (Å²) < 4.78 is 14.2. The molecule has 0 atom stereocenters. The number of carbonyl (C=O) groups is 1. The van der Waals surface area contributed by atoms with E-state index >= 15 is 0 Å². The van der Waals surface area contributed by atoms with E-state index in [4.69, 9.17) is 11.6 Å². The molecule has 2 rings (SSSR count). The van der Waals surface area contributed by atoms with Gasteiger partial charge < -0.3 is 10.2 Å². The lowest BCUT2D eigenvalue weighted by molar-refractivity contribution is 0.0827. The molecular weight excluding hydrogens is 267 g/mol. The molecule has 1 heterocycles. The molecule has 0 radical (unpaired) electrons. The largest absolute Gasteiger partial charge is 0.345 e. The highest BCUT2D eigenvalue weighted by molar-refractivity contribution is 6.32. The molecule has 1 aliphatic heterocycles. The first kappa shape index (κ1) is 14.0. The maximum absolute atomic E-state index is 14.2. The molecule has 0 saturated heterocycles. The summed E-state index contributed by atoms with van der Waals surface area (Å²) in [5, 5.41) is 3.46. The van der Waals surface area contributed by atoms with Gasteiger partial charge >= 0.3 is 0 Å². The summed E-state index contributed by atoms with van der Waals surface area (Å²) in [6.45, 7) is 1.52. The van der Waals surface area contributed by atoms with E-state index in [0.29, 0.717) is 17.1 Å². The van der Waals surface area contributed by atoms with Crippen LogP contribution in [0.4, 0.5) is 4.39 Å². The van der Waals surface area contributed by atoms with Crippen molar-refractivity contribution in [2.75, 3.05) is 27.2 Å². The highest BCUT2D eigenvalue weighted by Crippen LogP contribution is 2.31. The van der Waals surface area contributed by atoms with Crippen molar-refractivity contribution < 1.29 is 9.18 Å². The summed E-state index contributed by atoms with van der Waals surface area (Å²) in [5.41, 5.74) is 1.58. The summed E-state index contributed by atoms with van der Waals surface area (Å²) in [5.74, 6) is -0.697. The zero-order chi connectivity index (χ0) is 14.0. The van der Waals surface area contributed by atoms with E-state index in [-0.39, 0.29) is 11.5 Å². The number of carbonyl (C=O) groups excluding carboxylic acids is 1. The summed E-state index contributed by atoms with van der Waals surface area (Å²) >= 11 is 6.14. The standard InChI is InChI=1S/C14H16ClFN2O/c1-18(2)14(19)10-7-11(15)13(12(16)8-10)9-3-5-17-6-4-9/h3,7-8,17H,4-6H2,1-2H3. The van der Waals surface area contributed by atoms with Crippen molar-refractivity contribution in [2.45, 2.75) is 6.42 Å². The van der Waals surface area contributed by atoms with Gasteiger partial charge in [0.05, 0.1) is 5.02 Å². The molecule has 0 aromatic heterocycles. The second-order valence-corrected chi connectivity index (χ2v) is 5.11. The summed E-state index contributed by atoms with van der Waals surface area (Å²) in [6.07, 6.45) is 2.67. The van der Waals surface area contributed by atoms with E-state index in [1.54, 1.807) is 14.1 Å². The lowest BCUT2D eigenvalue weighted by atomic mass is 9.98. The van der Waals surface area contributed by atoms with E-state index in [9.17, 15) is 9.18 Å². The minimum Gasteiger partial charge on any atom is -0.345 e. The van der Waals surface area contributed by atoms with Gasteiger partial charge in [0.15, 0.2) is 0 Å². The second-order valence-electron chi connectivity index (χ2n) is 4.70. The van der Waals surface area contributed by atoms with Crippen LogP contribution in [0, 0.1) is 5.82 Å². The van der Waals surface area contributed by atoms with Crippen LogP contribution in [0.3, 0.4) is 0 Å². The number of nitrogens with one attached hydrogen (secondary N) is 1. The van der Waals surface area contributed by atoms with Gasteiger partial charge in [0.25, 0.3) is 5.91 Å². The maximum Gasteiger partial charge on any atom is 0.253 e. The fourth-order valence-electron chi connectivity index (χ4n) is 2.11. The molecule has 1 aliphatic rings. The van der Waals surface area contributed by atoms with Gasteiger partial charge in [0, 0.05) is 31.8 Å². The molecule has 1 aromatic carbocycles. The second kappa shape index (κ2) is 5.72. The molecular formula is C14H16ClFN2O. The Morgan fingerprint density at radius 2 is 2.16 bits per heavy atom. The van der Waals surface area contributed by atoms with Crippen LogP contribution in [0.25, 0.3) is 5.57 Å². The Kier molecular flexibility index (Phi) is 4.22. The van der Waals surface area contributed by atoms with Gasteiger partial charge in [-0.05, 0) is 30.7 Å². The average Bonchev–Trinajstić information content (AvgIpc) is 2.38. The molecule has 5 heteroatoms. The third kappa shape index (κ3) is 2.96. The predicted molar refractivity (Wildman–Crippen MR) is 74.9 cm³/mol. The molecule has 19 heavy (non-hydrogen) atoms. The van der Waals surface area contributed by atoms with Crippen molar-refractivity contribution in [3.8, 4) is 0 Å². The van der Waals surface area contributed by atoms with Gasteiger partial charge in [-0.3, -0.25) is 4.79 Å². The first-order valence-corrected chi connectivity index (χ1v) is 6.49. The third-order valence-corrected chi connectivity index (χ3v) is 3.38. The van der Waals surface area contributed by atoms with Crippen molar-refractivity contribution in [1.82, 2.24) is 10.2 Å². The normalized spacial score (nSPS) is 15.1. The monoisotopic (exact) mass is 282 g/mol. The molecule has 0 bridgehead atoms. The van der Waals surface area contributed by atoms with Crippen LogP contribution in [0.5, 0.6) is 0 Å². The number of rotatable bonds is 2. The Morgan fingerprint density at radius 1 is 1.42 bits per heavy atom. The Hall–Kier alpha value is -1.39. The van der Waals surface area contributed by atoms with Gasteiger partial charge in [0.2, 0.25) is 0 Å². The van der Waals surface area contributed by atoms with E-state index in [1.165, 1.54) is 17.0 Å². The van der Waals surface area contributed by atoms with Gasteiger partial charge in [-0.1, -0.05) is 17.7 Å². The van der Waals surface area contributed by atoms with E-state index in [2.05, 4.69) is 5.32 Å². The first-order chi connectivity index (χ1) is 9.00. The highest BCUT2D eigenvalue weighted by atomic mass is 35.5. The Balaban J connectivity index is 2.43. The zero-order valence-corrected chi connectivity index (χ0v) is 11.7. The summed E-state index contributed by atoms with van der Waals surface area (Å²) in [7, 11) is 3.24. The van der Waals surface area contributed by atoms with Crippen molar-refractivity contribution in [2.24, 2.45) is 0 Å². The van der Waals surface area contributed by atoms with Crippen LogP contribution in [-0.2, 0) is 0 Å². The first-order valence-electron chi connectivity index (χ1n) is 6.11. The molecule has 1 amide bonds. The maximum atomic E-state index is 14.2. The Morgan fingerprint density at radius 3 is 2.68 bits per heavy atom. The zero-order valence-electron chi connectivity index (χ0n) is 11.0. The summed E-state index contributed by atoms with van der Waals surface area (Å²) in [4.78, 5) is 13.2. The van der Waals surface area contributed by atoms with E-state index in [0.717, 1.165) is 18.5 Å². The molecule has 1 N–H and O–H groups in total. The minimum absolute atomic E-state index is 0.258. The molecule has 0 spiro atoms. The van der Waals surface area contributed by atoms with Gasteiger partial charge in [0.1, 0.15) is 5.82 Å². The van der Waals surface area contributed by atoms with Crippen molar-refractivity contribution in [3.05, 3.63) is 40.2 Å². The quantitative estimate of drug-likeness (QED) is 0.904. The van der Waals surface area contributed by atoms with Crippen LogP contribution in [0.15, 0.2) is 18.2 Å². The Bertz CT molecular complexity index is 517. The fourth-order valence-corrected chi connectivity index (χ4v) is 2.44. The lowest BCUT2D eigenvalue weighted by Gasteiger charge is -2.17. The highest BCUT2D eigenvalue weighted by Gasteiger charge is 2.18. The number of nitrogens with zero attached hydrogens (tertiary/aromatic N) is 1. The topological polar surface area (TPSA) is 32.3 Å². The molecule has 0 fully saturated rings. The van der Waals surface area contributed by atoms with Crippen molar-refractivity contribution in [3.63, 3.8) is 0 Å². The average molecular weight is 283 g/mol. The Labute approximate surface area is 117 Å². The SMILES string of the molecule is CN(C)C(=O)c1cc(F)c(C2=CCNCC2)c(Cl)c1. The number of hydrogen-bond donors (Lipinski definition) is 1. The number of hydrogen-bond acceptors (Lipinski definition) is 2. The van der Waals surface area contributed by atoms with Gasteiger partial charge in [-0.25, -0.2) is 4.39 Å².